The van der Waals surface area contributed by atoms with E-state index in [1.165, 1.54) is 0 Å². The zero-order valence-corrected chi connectivity index (χ0v) is 9.39. The summed E-state index contributed by atoms with van der Waals surface area (Å²) in [6.45, 7) is 0.315. The molecule has 0 fully saturated rings. The average molecular weight is 235 g/mol. The SMILES string of the molecule is OB(OCCCl)c1cnc2ccccc2c1. The van der Waals surface area contributed by atoms with Gasteiger partial charge in [0.15, 0.2) is 0 Å². The van der Waals surface area contributed by atoms with Gasteiger partial charge in [-0.05, 0) is 11.5 Å². The Balaban J connectivity index is 2.25. The summed E-state index contributed by atoms with van der Waals surface area (Å²) in [5, 5.41) is 10.7. The van der Waals surface area contributed by atoms with Crippen LogP contribution in [0.4, 0.5) is 0 Å². The summed E-state index contributed by atoms with van der Waals surface area (Å²) < 4.78 is 5.11. The Morgan fingerprint density at radius 1 is 1.38 bits per heavy atom. The lowest BCUT2D eigenvalue weighted by Crippen LogP contribution is -2.34. The second-order valence-corrected chi connectivity index (χ2v) is 3.75. The molecule has 0 aliphatic heterocycles. The van der Waals surface area contributed by atoms with Gasteiger partial charge in [0.1, 0.15) is 0 Å². The number of nitrogens with zero attached hydrogens (tertiary/aromatic N) is 1. The van der Waals surface area contributed by atoms with Crippen molar-refractivity contribution >= 4 is 35.1 Å². The van der Waals surface area contributed by atoms with E-state index in [0.29, 0.717) is 17.9 Å². The van der Waals surface area contributed by atoms with Gasteiger partial charge in [0, 0.05) is 24.1 Å². The molecule has 0 atom stereocenters. The third kappa shape index (κ3) is 2.53. The maximum atomic E-state index is 9.69. The third-order valence-corrected chi connectivity index (χ3v) is 2.40. The van der Waals surface area contributed by atoms with E-state index in [9.17, 15) is 5.02 Å². The highest BCUT2D eigenvalue weighted by Gasteiger charge is 2.16. The van der Waals surface area contributed by atoms with Gasteiger partial charge in [-0.25, -0.2) is 0 Å². The average Bonchev–Trinajstić information content (AvgIpc) is 2.35. The molecular weight excluding hydrogens is 224 g/mol. The van der Waals surface area contributed by atoms with Crippen LogP contribution >= 0.6 is 11.6 Å². The van der Waals surface area contributed by atoms with Crippen molar-refractivity contribution < 1.29 is 9.68 Å². The molecule has 82 valence electrons. The molecule has 5 heteroatoms. The Bertz CT molecular complexity index is 480. The first-order valence-electron chi connectivity index (χ1n) is 5.01. The lowest BCUT2D eigenvalue weighted by molar-refractivity contribution is 0.289. The van der Waals surface area contributed by atoms with Gasteiger partial charge in [0.25, 0.3) is 0 Å². The van der Waals surface area contributed by atoms with E-state index in [0.717, 1.165) is 10.9 Å². The Hall–Kier alpha value is -1.10. The summed E-state index contributed by atoms with van der Waals surface area (Å²) in [7, 11) is -0.962. The molecule has 1 N–H and O–H groups in total. The van der Waals surface area contributed by atoms with Gasteiger partial charge in [-0.3, -0.25) is 4.98 Å². The van der Waals surface area contributed by atoms with E-state index < -0.39 is 7.12 Å². The monoisotopic (exact) mass is 235 g/mol. The molecule has 16 heavy (non-hydrogen) atoms. The second-order valence-electron chi connectivity index (χ2n) is 3.37. The zero-order chi connectivity index (χ0) is 11.4. The molecule has 0 radical (unpaired) electrons. The Morgan fingerprint density at radius 2 is 2.19 bits per heavy atom. The molecule has 3 nitrogen and oxygen atoms in total. The number of rotatable bonds is 4. The number of fused-ring (bicyclic) bond motifs is 1. The second kappa shape index (κ2) is 5.30. The Labute approximate surface area is 99.2 Å². The summed E-state index contributed by atoms with van der Waals surface area (Å²) in [4.78, 5) is 4.24. The normalized spacial score (nSPS) is 10.6. The molecule has 0 saturated heterocycles. The van der Waals surface area contributed by atoms with Gasteiger partial charge in [0.05, 0.1) is 5.52 Å². The van der Waals surface area contributed by atoms with Crippen LogP contribution in [0, 0.1) is 0 Å². The van der Waals surface area contributed by atoms with Crippen molar-refractivity contribution in [1.29, 1.82) is 0 Å². The van der Waals surface area contributed by atoms with E-state index in [2.05, 4.69) is 4.98 Å². The molecule has 0 amide bonds. The van der Waals surface area contributed by atoms with Crippen molar-refractivity contribution in [2.24, 2.45) is 0 Å². The number of halogens is 1. The van der Waals surface area contributed by atoms with Gasteiger partial charge in [-0.2, -0.15) is 0 Å². The number of aromatic nitrogens is 1. The van der Waals surface area contributed by atoms with Crippen LogP contribution in [0.2, 0.25) is 0 Å². The highest BCUT2D eigenvalue weighted by Crippen LogP contribution is 2.08. The minimum absolute atomic E-state index is 0.315. The summed E-state index contributed by atoms with van der Waals surface area (Å²) in [5.41, 5.74) is 1.54. The number of hydrogen-bond acceptors (Lipinski definition) is 3. The molecule has 0 saturated carbocycles. The lowest BCUT2D eigenvalue weighted by Gasteiger charge is -2.07. The first-order valence-corrected chi connectivity index (χ1v) is 5.55. The molecular formula is C11H11BClNO2. The zero-order valence-electron chi connectivity index (χ0n) is 8.64. The van der Waals surface area contributed by atoms with Crippen molar-refractivity contribution in [3.8, 4) is 0 Å². The maximum absolute atomic E-state index is 9.69. The predicted octanol–water partition coefficient (Wildman–Crippen LogP) is 1.18. The van der Waals surface area contributed by atoms with Crippen LogP contribution in [0.25, 0.3) is 10.9 Å². The highest BCUT2D eigenvalue weighted by molar-refractivity contribution is 6.60. The maximum Gasteiger partial charge on any atom is 0.492 e. The number of pyridine rings is 1. The molecule has 0 unspecified atom stereocenters. The van der Waals surface area contributed by atoms with Crippen molar-refractivity contribution in [3.05, 3.63) is 36.5 Å². The van der Waals surface area contributed by atoms with Crippen molar-refractivity contribution in [2.45, 2.75) is 0 Å². The predicted molar refractivity (Wildman–Crippen MR) is 66.0 cm³/mol. The summed E-state index contributed by atoms with van der Waals surface area (Å²) >= 11 is 5.48. The fourth-order valence-corrected chi connectivity index (χ4v) is 1.56. The van der Waals surface area contributed by atoms with Crippen LogP contribution in [0.5, 0.6) is 0 Å². The lowest BCUT2D eigenvalue weighted by atomic mass is 9.80. The van der Waals surface area contributed by atoms with Gasteiger partial charge in [-0.1, -0.05) is 24.3 Å². The van der Waals surface area contributed by atoms with E-state index in [-0.39, 0.29) is 0 Å². The van der Waals surface area contributed by atoms with Crippen LogP contribution in [0.1, 0.15) is 0 Å². The van der Waals surface area contributed by atoms with E-state index in [4.69, 9.17) is 16.3 Å². The fraction of sp³-hybridized carbons (Fsp3) is 0.182. The molecule has 2 rings (SSSR count). The quantitative estimate of drug-likeness (QED) is 0.639. The van der Waals surface area contributed by atoms with E-state index in [1.54, 1.807) is 6.20 Å². The first-order chi connectivity index (χ1) is 7.81. The fourth-order valence-electron chi connectivity index (χ4n) is 1.48. The van der Waals surface area contributed by atoms with Gasteiger partial charge >= 0.3 is 7.12 Å². The van der Waals surface area contributed by atoms with Crippen LogP contribution in [0.15, 0.2) is 36.5 Å². The largest absolute Gasteiger partial charge is 0.492 e. The molecule has 0 aliphatic rings. The minimum atomic E-state index is -0.962. The van der Waals surface area contributed by atoms with Crippen LogP contribution in [-0.4, -0.2) is 29.6 Å². The number of para-hydroxylation sites is 1. The van der Waals surface area contributed by atoms with Crippen LogP contribution in [0.3, 0.4) is 0 Å². The molecule has 2 aromatic rings. The molecule has 0 aliphatic carbocycles. The smallest absolute Gasteiger partial charge is 0.423 e. The van der Waals surface area contributed by atoms with Crippen molar-refractivity contribution in [2.75, 3.05) is 12.5 Å². The molecule has 0 bridgehead atoms. The molecule has 1 heterocycles. The molecule has 1 aromatic carbocycles. The van der Waals surface area contributed by atoms with Crippen LogP contribution < -0.4 is 5.46 Å². The van der Waals surface area contributed by atoms with Gasteiger partial charge < -0.3 is 9.68 Å². The number of benzene rings is 1. The summed E-state index contributed by atoms with van der Waals surface area (Å²) in [6.07, 6.45) is 1.61. The molecule has 1 aromatic heterocycles. The summed E-state index contributed by atoms with van der Waals surface area (Å²) in [5.74, 6) is 0.359. The van der Waals surface area contributed by atoms with E-state index in [1.807, 2.05) is 30.3 Å². The standard InChI is InChI=1S/C11H11BClNO2/c13-5-6-16-12(15)10-7-9-3-1-2-4-11(9)14-8-10/h1-4,7-8,15H,5-6H2. The Kier molecular flexibility index (Phi) is 3.77. The van der Waals surface area contributed by atoms with E-state index >= 15 is 0 Å². The summed E-state index contributed by atoms with van der Waals surface area (Å²) in [6, 6.07) is 9.58. The van der Waals surface area contributed by atoms with Crippen molar-refractivity contribution in [3.63, 3.8) is 0 Å². The van der Waals surface area contributed by atoms with Crippen molar-refractivity contribution in [1.82, 2.24) is 4.98 Å². The first kappa shape index (κ1) is 11.4. The third-order valence-electron chi connectivity index (χ3n) is 2.25. The number of alkyl halides is 1. The topological polar surface area (TPSA) is 42.4 Å². The van der Waals surface area contributed by atoms with Gasteiger partial charge in [0.2, 0.25) is 0 Å². The van der Waals surface area contributed by atoms with Gasteiger partial charge in [-0.15, -0.1) is 11.6 Å². The van der Waals surface area contributed by atoms with Crippen LogP contribution in [-0.2, 0) is 4.65 Å². The molecule has 0 spiro atoms. The Morgan fingerprint density at radius 3 is 3.00 bits per heavy atom. The minimum Gasteiger partial charge on any atom is -0.423 e. The highest BCUT2D eigenvalue weighted by atomic mass is 35.5. The number of hydrogen-bond donors (Lipinski definition) is 1.